The molecule has 0 spiro atoms. The van der Waals surface area contributed by atoms with Crippen LogP contribution in [0, 0.1) is 6.92 Å². The van der Waals surface area contributed by atoms with Crippen LogP contribution in [0.25, 0.3) is 33.2 Å². The number of pyridine rings is 1. The standard InChI is InChI=1S/C28H24F3NO6/c1-4-35-27(33)37-16-36-26-23-14-13-22(34-3)15-24(23)32-17(2)25(26)20-7-5-18(6-8-20)19-9-11-21(12-10-19)38-28(29,30)31/h5-15H,4,16H2,1-3H3. The van der Waals surface area contributed by atoms with Crippen LogP contribution in [0.2, 0.25) is 0 Å². The maximum Gasteiger partial charge on any atom is 0.573 e. The van der Waals surface area contributed by atoms with Crippen molar-refractivity contribution in [3.63, 3.8) is 0 Å². The Morgan fingerprint density at radius 3 is 2.08 bits per heavy atom. The number of fused-ring (bicyclic) bond motifs is 1. The lowest BCUT2D eigenvalue weighted by Crippen LogP contribution is -2.16. The Labute approximate surface area is 216 Å². The highest BCUT2D eigenvalue weighted by Gasteiger charge is 2.31. The first kappa shape index (κ1) is 26.6. The number of halogens is 3. The third-order valence-corrected chi connectivity index (χ3v) is 5.56. The van der Waals surface area contributed by atoms with Gasteiger partial charge in [0.15, 0.2) is 0 Å². The number of ether oxygens (including phenoxy) is 5. The molecule has 1 heterocycles. The van der Waals surface area contributed by atoms with Crippen molar-refractivity contribution in [1.82, 2.24) is 4.98 Å². The summed E-state index contributed by atoms with van der Waals surface area (Å²) in [5.74, 6) is 0.793. The molecule has 0 amide bonds. The number of rotatable bonds is 8. The molecular formula is C28H24F3NO6. The van der Waals surface area contributed by atoms with E-state index >= 15 is 0 Å². The number of hydrogen-bond acceptors (Lipinski definition) is 7. The van der Waals surface area contributed by atoms with Gasteiger partial charge in [-0.3, -0.25) is 4.98 Å². The molecule has 4 aromatic rings. The zero-order chi connectivity index (χ0) is 27.3. The molecule has 198 valence electrons. The Morgan fingerprint density at radius 2 is 1.47 bits per heavy atom. The molecule has 0 aliphatic heterocycles. The van der Waals surface area contributed by atoms with E-state index in [0.29, 0.717) is 39.2 Å². The highest BCUT2D eigenvalue weighted by Crippen LogP contribution is 2.40. The van der Waals surface area contributed by atoms with Crippen LogP contribution in [0.4, 0.5) is 18.0 Å². The molecule has 0 fully saturated rings. The van der Waals surface area contributed by atoms with Crippen LogP contribution >= 0.6 is 0 Å². The summed E-state index contributed by atoms with van der Waals surface area (Å²) >= 11 is 0. The maximum absolute atomic E-state index is 12.4. The highest BCUT2D eigenvalue weighted by atomic mass is 19.4. The van der Waals surface area contributed by atoms with Crippen molar-refractivity contribution >= 4 is 17.1 Å². The summed E-state index contributed by atoms with van der Waals surface area (Å²) in [4.78, 5) is 16.4. The van der Waals surface area contributed by atoms with E-state index in [1.54, 1.807) is 38.3 Å². The summed E-state index contributed by atoms with van der Waals surface area (Å²) in [6.45, 7) is 3.30. The molecule has 7 nitrogen and oxygen atoms in total. The topological polar surface area (TPSA) is 76.1 Å². The van der Waals surface area contributed by atoms with Gasteiger partial charge in [-0.2, -0.15) is 0 Å². The third-order valence-electron chi connectivity index (χ3n) is 5.56. The Balaban J connectivity index is 1.68. The van der Waals surface area contributed by atoms with Gasteiger partial charge in [0.05, 0.1) is 19.2 Å². The lowest BCUT2D eigenvalue weighted by atomic mass is 9.97. The van der Waals surface area contributed by atoms with Gasteiger partial charge in [0.25, 0.3) is 0 Å². The first-order valence-electron chi connectivity index (χ1n) is 11.6. The number of carbonyl (C=O) groups excluding carboxylic acids is 1. The SMILES string of the molecule is CCOC(=O)OCOc1c(-c2ccc(-c3ccc(OC(F)(F)F)cc3)cc2)c(C)nc2cc(OC)ccc12. The van der Waals surface area contributed by atoms with Crippen molar-refractivity contribution in [2.75, 3.05) is 20.5 Å². The number of alkyl halides is 3. The molecule has 0 atom stereocenters. The number of aryl methyl sites for hydroxylation is 1. The minimum atomic E-state index is -4.75. The second-order valence-electron chi connectivity index (χ2n) is 8.02. The number of benzene rings is 3. The Hall–Kier alpha value is -4.47. The van der Waals surface area contributed by atoms with E-state index < -0.39 is 12.5 Å². The van der Waals surface area contributed by atoms with E-state index in [4.69, 9.17) is 23.9 Å². The Morgan fingerprint density at radius 1 is 0.868 bits per heavy atom. The van der Waals surface area contributed by atoms with Gasteiger partial charge in [-0.15, -0.1) is 13.2 Å². The average Bonchev–Trinajstić information content (AvgIpc) is 2.88. The Bertz CT molecular complexity index is 1420. The summed E-state index contributed by atoms with van der Waals surface area (Å²) in [5, 5.41) is 0.684. The fraction of sp³-hybridized carbons (Fsp3) is 0.214. The second-order valence-corrected chi connectivity index (χ2v) is 8.02. The van der Waals surface area contributed by atoms with E-state index in [0.717, 1.165) is 11.1 Å². The molecule has 0 aliphatic carbocycles. The van der Waals surface area contributed by atoms with Crippen LogP contribution in [0.1, 0.15) is 12.6 Å². The summed E-state index contributed by atoms with van der Waals surface area (Å²) in [5.41, 5.74) is 4.27. The Kier molecular flexibility index (Phi) is 7.90. The van der Waals surface area contributed by atoms with Gasteiger partial charge in [-0.25, -0.2) is 4.79 Å². The monoisotopic (exact) mass is 527 g/mol. The number of carbonyl (C=O) groups is 1. The largest absolute Gasteiger partial charge is 0.573 e. The summed E-state index contributed by atoms with van der Waals surface area (Å²) < 4.78 is 62.3. The van der Waals surface area contributed by atoms with Crippen LogP contribution in [0.15, 0.2) is 66.7 Å². The predicted molar refractivity (Wildman–Crippen MR) is 134 cm³/mol. The average molecular weight is 527 g/mol. The summed E-state index contributed by atoms with van der Waals surface area (Å²) in [6, 6.07) is 18.4. The van der Waals surface area contributed by atoms with Crippen LogP contribution in [0.5, 0.6) is 17.2 Å². The van der Waals surface area contributed by atoms with Crippen molar-refractivity contribution < 1.29 is 41.7 Å². The smallest absolute Gasteiger partial charge is 0.497 e. The third kappa shape index (κ3) is 6.26. The quantitative estimate of drug-likeness (QED) is 0.176. The molecule has 0 radical (unpaired) electrons. The van der Waals surface area contributed by atoms with Gasteiger partial charge in [0.1, 0.15) is 17.2 Å². The molecular weight excluding hydrogens is 503 g/mol. The molecule has 0 saturated heterocycles. The molecule has 0 unspecified atom stereocenters. The van der Waals surface area contributed by atoms with E-state index in [9.17, 15) is 18.0 Å². The molecule has 4 rings (SSSR count). The molecule has 10 heteroatoms. The van der Waals surface area contributed by atoms with Crippen molar-refractivity contribution in [2.45, 2.75) is 20.2 Å². The lowest BCUT2D eigenvalue weighted by molar-refractivity contribution is -0.274. The summed E-state index contributed by atoms with van der Waals surface area (Å²) in [7, 11) is 1.56. The minimum Gasteiger partial charge on any atom is -0.497 e. The van der Waals surface area contributed by atoms with Gasteiger partial charge in [-0.05, 0) is 54.8 Å². The molecule has 0 bridgehead atoms. The van der Waals surface area contributed by atoms with Crippen LogP contribution in [-0.2, 0) is 9.47 Å². The number of methoxy groups -OCH3 is 1. The van der Waals surface area contributed by atoms with Crippen LogP contribution in [0.3, 0.4) is 0 Å². The molecule has 3 aromatic carbocycles. The number of aromatic nitrogens is 1. The zero-order valence-electron chi connectivity index (χ0n) is 20.8. The van der Waals surface area contributed by atoms with Crippen LogP contribution in [-0.4, -0.2) is 38.0 Å². The predicted octanol–water partition coefficient (Wildman–Crippen LogP) is 7.29. The molecule has 0 aliphatic rings. The van der Waals surface area contributed by atoms with E-state index in [-0.39, 0.29) is 19.1 Å². The first-order chi connectivity index (χ1) is 18.2. The highest BCUT2D eigenvalue weighted by molar-refractivity contribution is 5.94. The van der Waals surface area contributed by atoms with Crippen molar-refractivity contribution in [3.05, 3.63) is 72.4 Å². The van der Waals surface area contributed by atoms with Crippen LogP contribution < -0.4 is 14.2 Å². The summed E-state index contributed by atoms with van der Waals surface area (Å²) in [6.07, 6.45) is -5.59. The van der Waals surface area contributed by atoms with E-state index in [1.807, 2.05) is 37.3 Å². The van der Waals surface area contributed by atoms with Crippen molar-refractivity contribution in [2.24, 2.45) is 0 Å². The van der Waals surface area contributed by atoms with Gasteiger partial charge in [-0.1, -0.05) is 36.4 Å². The number of hydrogen-bond donors (Lipinski definition) is 0. The normalized spacial score (nSPS) is 11.2. The maximum atomic E-state index is 12.4. The van der Waals surface area contributed by atoms with Gasteiger partial charge < -0.3 is 23.7 Å². The van der Waals surface area contributed by atoms with Crippen molar-refractivity contribution in [3.8, 4) is 39.5 Å². The van der Waals surface area contributed by atoms with Gasteiger partial charge >= 0.3 is 12.5 Å². The van der Waals surface area contributed by atoms with Gasteiger partial charge in [0, 0.05) is 22.7 Å². The number of nitrogens with zero attached hydrogens (tertiary/aromatic N) is 1. The molecule has 38 heavy (non-hydrogen) atoms. The fourth-order valence-corrected chi connectivity index (χ4v) is 3.92. The molecule has 0 saturated carbocycles. The minimum absolute atomic E-state index is 0.172. The van der Waals surface area contributed by atoms with Crippen molar-refractivity contribution in [1.29, 1.82) is 0 Å². The second kappa shape index (κ2) is 11.3. The fourth-order valence-electron chi connectivity index (χ4n) is 3.92. The molecule has 1 aromatic heterocycles. The lowest BCUT2D eigenvalue weighted by Gasteiger charge is -2.17. The molecule has 0 N–H and O–H groups in total. The van der Waals surface area contributed by atoms with E-state index in [1.165, 1.54) is 12.1 Å². The zero-order valence-corrected chi connectivity index (χ0v) is 20.8. The van der Waals surface area contributed by atoms with E-state index in [2.05, 4.69) is 4.74 Å². The first-order valence-corrected chi connectivity index (χ1v) is 11.6. The van der Waals surface area contributed by atoms with Gasteiger partial charge in [0.2, 0.25) is 6.79 Å².